The van der Waals surface area contributed by atoms with E-state index in [0.29, 0.717) is 31.9 Å². The van der Waals surface area contributed by atoms with E-state index >= 15 is 0 Å². The number of carbonyl (C=O) groups excluding carboxylic acids is 1. The van der Waals surface area contributed by atoms with Crippen LogP contribution in [-0.4, -0.2) is 40.6 Å². The van der Waals surface area contributed by atoms with Crippen molar-refractivity contribution in [3.8, 4) is 0 Å². The van der Waals surface area contributed by atoms with Gasteiger partial charge in [-0.3, -0.25) is 9.10 Å². The van der Waals surface area contributed by atoms with E-state index in [2.05, 4.69) is 5.32 Å². The van der Waals surface area contributed by atoms with E-state index in [9.17, 15) is 13.2 Å². The molecule has 0 radical (unpaired) electrons. The van der Waals surface area contributed by atoms with Gasteiger partial charge in [0.25, 0.3) is 10.0 Å². The first-order chi connectivity index (χ1) is 13.9. The van der Waals surface area contributed by atoms with Crippen LogP contribution in [0, 0.1) is 6.92 Å². The van der Waals surface area contributed by atoms with Gasteiger partial charge in [-0.2, -0.15) is 0 Å². The minimum Gasteiger partial charge on any atom is -0.382 e. The number of nitrogens with one attached hydrogen (secondary N) is 1. The first-order valence-corrected chi connectivity index (χ1v) is 11.3. The van der Waals surface area contributed by atoms with Crippen molar-refractivity contribution in [2.75, 3.05) is 30.6 Å². The Labute approximate surface area is 173 Å². The number of hydrogen-bond acceptors (Lipinski definition) is 4. The van der Waals surface area contributed by atoms with E-state index in [1.807, 2.05) is 32.9 Å². The van der Waals surface area contributed by atoms with E-state index in [-0.39, 0.29) is 17.3 Å². The van der Waals surface area contributed by atoms with Gasteiger partial charge in [0.15, 0.2) is 0 Å². The van der Waals surface area contributed by atoms with Gasteiger partial charge in [0.1, 0.15) is 6.54 Å². The van der Waals surface area contributed by atoms with Crippen molar-refractivity contribution in [2.24, 2.45) is 0 Å². The zero-order valence-electron chi connectivity index (χ0n) is 17.3. The Morgan fingerprint density at radius 1 is 1.03 bits per heavy atom. The molecule has 0 aliphatic carbocycles. The van der Waals surface area contributed by atoms with Gasteiger partial charge < -0.3 is 10.1 Å². The molecule has 2 aromatic carbocycles. The number of hydrogen-bond donors (Lipinski definition) is 1. The third-order valence-electron chi connectivity index (χ3n) is 4.52. The molecule has 0 heterocycles. The van der Waals surface area contributed by atoms with E-state index in [1.165, 1.54) is 0 Å². The fraction of sp³-hybridized carbons (Fsp3) is 0.409. The Morgan fingerprint density at radius 3 is 2.28 bits per heavy atom. The number of ether oxygens (including phenoxy) is 1. The molecule has 0 unspecified atom stereocenters. The van der Waals surface area contributed by atoms with Crippen LogP contribution in [0.15, 0.2) is 53.4 Å². The van der Waals surface area contributed by atoms with E-state index in [4.69, 9.17) is 4.74 Å². The molecule has 0 saturated heterocycles. The number of nitrogens with zero attached hydrogens (tertiary/aromatic N) is 1. The topological polar surface area (TPSA) is 75.7 Å². The molecule has 0 aliphatic heterocycles. The predicted octanol–water partition coefficient (Wildman–Crippen LogP) is 3.30. The van der Waals surface area contributed by atoms with Gasteiger partial charge in [0.05, 0.1) is 10.6 Å². The van der Waals surface area contributed by atoms with E-state index in [1.54, 1.807) is 36.4 Å². The minimum absolute atomic E-state index is 0.159. The molecule has 7 heteroatoms. The number of aryl methyl sites for hydroxylation is 2. The molecule has 1 N–H and O–H groups in total. The first kappa shape index (κ1) is 22.9. The largest absolute Gasteiger partial charge is 0.382 e. The summed E-state index contributed by atoms with van der Waals surface area (Å²) >= 11 is 0. The molecule has 1 amide bonds. The SMILES string of the molecule is CCOCCCNC(=O)CN(c1ccc(CC)cc1)S(=O)(=O)c1ccc(C)cc1. The molecule has 0 atom stereocenters. The second kappa shape index (κ2) is 11.0. The molecule has 0 fully saturated rings. The summed E-state index contributed by atoms with van der Waals surface area (Å²) in [5.41, 5.74) is 2.53. The summed E-state index contributed by atoms with van der Waals surface area (Å²) in [4.78, 5) is 12.6. The van der Waals surface area contributed by atoms with Crippen LogP contribution in [-0.2, 0) is 26.0 Å². The van der Waals surface area contributed by atoms with Gasteiger partial charge in [0.2, 0.25) is 5.91 Å². The number of rotatable bonds is 11. The second-order valence-corrected chi connectivity index (χ2v) is 8.61. The van der Waals surface area contributed by atoms with Gasteiger partial charge >= 0.3 is 0 Å². The molecular weight excluding hydrogens is 388 g/mol. The van der Waals surface area contributed by atoms with Gasteiger partial charge in [-0.25, -0.2) is 8.42 Å². The fourth-order valence-corrected chi connectivity index (χ4v) is 4.20. The summed E-state index contributed by atoms with van der Waals surface area (Å²) in [6.07, 6.45) is 1.53. The number of carbonyl (C=O) groups is 1. The average Bonchev–Trinajstić information content (AvgIpc) is 2.72. The number of benzene rings is 2. The highest BCUT2D eigenvalue weighted by Gasteiger charge is 2.27. The quantitative estimate of drug-likeness (QED) is 0.568. The minimum atomic E-state index is -3.88. The fourth-order valence-electron chi connectivity index (χ4n) is 2.78. The maximum Gasteiger partial charge on any atom is 0.264 e. The van der Waals surface area contributed by atoms with Crippen LogP contribution in [0.4, 0.5) is 5.69 Å². The van der Waals surface area contributed by atoms with Crippen molar-refractivity contribution in [3.05, 3.63) is 59.7 Å². The molecule has 2 aromatic rings. The summed E-state index contributed by atoms with van der Waals surface area (Å²) in [6.45, 7) is 7.18. The van der Waals surface area contributed by atoms with Crippen LogP contribution in [0.3, 0.4) is 0 Å². The van der Waals surface area contributed by atoms with Crippen molar-refractivity contribution in [1.29, 1.82) is 0 Å². The molecule has 0 aromatic heterocycles. The van der Waals surface area contributed by atoms with Crippen LogP contribution >= 0.6 is 0 Å². The number of amides is 1. The van der Waals surface area contributed by atoms with Crippen molar-refractivity contribution >= 4 is 21.6 Å². The Kier molecular flexibility index (Phi) is 8.67. The monoisotopic (exact) mass is 418 g/mol. The van der Waals surface area contributed by atoms with Crippen LogP contribution in [0.25, 0.3) is 0 Å². The second-order valence-electron chi connectivity index (χ2n) is 6.75. The van der Waals surface area contributed by atoms with Crippen LogP contribution in [0.5, 0.6) is 0 Å². The van der Waals surface area contributed by atoms with E-state index in [0.717, 1.165) is 21.9 Å². The summed E-state index contributed by atoms with van der Waals surface area (Å²) in [6, 6.07) is 13.9. The predicted molar refractivity (Wildman–Crippen MR) is 116 cm³/mol. The molecule has 0 spiro atoms. The molecule has 158 valence electrons. The van der Waals surface area contributed by atoms with Crippen LogP contribution < -0.4 is 9.62 Å². The first-order valence-electron chi connectivity index (χ1n) is 9.91. The van der Waals surface area contributed by atoms with Gasteiger partial charge in [-0.1, -0.05) is 36.8 Å². The lowest BCUT2D eigenvalue weighted by molar-refractivity contribution is -0.119. The molecule has 0 aliphatic rings. The van der Waals surface area contributed by atoms with Crippen LogP contribution in [0.1, 0.15) is 31.4 Å². The molecule has 0 bridgehead atoms. The lowest BCUT2D eigenvalue weighted by Gasteiger charge is -2.24. The summed E-state index contributed by atoms with van der Waals surface area (Å²) < 4.78 is 33.0. The van der Waals surface area contributed by atoms with Crippen molar-refractivity contribution in [3.63, 3.8) is 0 Å². The third-order valence-corrected chi connectivity index (χ3v) is 6.31. The van der Waals surface area contributed by atoms with Gasteiger partial charge in [-0.15, -0.1) is 0 Å². The third kappa shape index (κ3) is 6.58. The van der Waals surface area contributed by atoms with Crippen molar-refractivity contribution in [1.82, 2.24) is 5.32 Å². The zero-order valence-corrected chi connectivity index (χ0v) is 18.2. The van der Waals surface area contributed by atoms with Crippen molar-refractivity contribution in [2.45, 2.75) is 38.5 Å². The summed E-state index contributed by atoms with van der Waals surface area (Å²) in [5.74, 6) is -0.350. The Hall–Kier alpha value is -2.38. The van der Waals surface area contributed by atoms with Gasteiger partial charge in [-0.05, 0) is 56.5 Å². The Morgan fingerprint density at radius 2 is 1.69 bits per heavy atom. The molecular formula is C22H30N2O4S. The van der Waals surface area contributed by atoms with Crippen molar-refractivity contribution < 1.29 is 17.9 Å². The Bertz CT molecular complexity index is 878. The smallest absolute Gasteiger partial charge is 0.264 e. The highest BCUT2D eigenvalue weighted by molar-refractivity contribution is 7.92. The Balaban J connectivity index is 2.23. The highest BCUT2D eigenvalue weighted by Crippen LogP contribution is 2.24. The molecule has 0 saturated carbocycles. The molecule has 6 nitrogen and oxygen atoms in total. The lowest BCUT2D eigenvalue weighted by atomic mass is 10.1. The lowest BCUT2D eigenvalue weighted by Crippen LogP contribution is -2.41. The standard InChI is InChI=1S/C22H30N2O4S/c1-4-19-9-11-20(12-10-19)24(17-22(25)23-15-6-16-28-5-2)29(26,27)21-13-7-18(3)8-14-21/h7-14H,4-6,15-17H2,1-3H3,(H,23,25). The normalized spacial score (nSPS) is 11.3. The number of sulfonamides is 1. The zero-order chi connectivity index (χ0) is 21.3. The summed E-state index contributed by atoms with van der Waals surface area (Å²) in [7, 11) is -3.88. The number of anilines is 1. The maximum absolute atomic E-state index is 13.3. The van der Waals surface area contributed by atoms with E-state index < -0.39 is 10.0 Å². The molecule has 2 rings (SSSR count). The van der Waals surface area contributed by atoms with Crippen LogP contribution in [0.2, 0.25) is 0 Å². The summed E-state index contributed by atoms with van der Waals surface area (Å²) in [5, 5.41) is 2.77. The maximum atomic E-state index is 13.3. The highest BCUT2D eigenvalue weighted by atomic mass is 32.2. The van der Waals surface area contributed by atoms with Gasteiger partial charge in [0, 0.05) is 19.8 Å². The molecule has 29 heavy (non-hydrogen) atoms. The average molecular weight is 419 g/mol.